The summed E-state index contributed by atoms with van der Waals surface area (Å²) >= 11 is 3.46. The van der Waals surface area contributed by atoms with E-state index in [-0.39, 0.29) is 5.84 Å². The second-order valence-electron chi connectivity index (χ2n) is 4.49. The summed E-state index contributed by atoms with van der Waals surface area (Å²) in [5.74, 6) is 0.0492. The van der Waals surface area contributed by atoms with Gasteiger partial charge in [-0.25, -0.2) is 4.68 Å². The molecule has 3 N–H and O–H groups in total. The van der Waals surface area contributed by atoms with E-state index in [0.29, 0.717) is 5.56 Å². The molecule has 0 amide bonds. The van der Waals surface area contributed by atoms with Gasteiger partial charge in [0.1, 0.15) is 5.84 Å². The fourth-order valence-electron chi connectivity index (χ4n) is 2.33. The lowest BCUT2D eigenvalue weighted by Gasteiger charge is -2.11. The lowest BCUT2D eigenvalue weighted by Crippen LogP contribution is -2.15. The number of nitrogens with one attached hydrogen (secondary N) is 1. The Morgan fingerprint density at radius 1 is 1.42 bits per heavy atom. The highest BCUT2D eigenvalue weighted by atomic mass is 79.9. The zero-order chi connectivity index (χ0) is 14.2. The first-order chi connectivity index (χ1) is 8.95. The van der Waals surface area contributed by atoms with Crippen LogP contribution in [0, 0.1) is 19.3 Å². The molecule has 0 saturated carbocycles. The van der Waals surface area contributed by atoms with Gasteiger partial charge in [-0.3, -0.25) is 5.41 Å². The van der Waals surface area contributed by atoms with Gasteiger partial charge in [0, 0.05) is 15.7 Å². The Balaban J connectivity index is 2.71. The van der Waals surface area contributed by atoms with Crippen LogP contribution in [0.4, 0.5) is 0 Å². The maximum absolute atomic E-state index is 7.69. The Labute approximate surface area is 121 Å². The van der Waals surface area contributed by atoms with E-state index < -0.39 is 0 Å². The zero-order valence-corrected chi connectivity index (χ0v) is 12.9. The molecule has 0 saturated heterocycles. The van der Waals surface area contributed by atoms with Gasteiger partial charge in [0.2, 0.25) is 0 Å². The monoisotopic (exact) mass is 320 g/mol. The minimum Gasteiger partial charge on any atom is -0.384 e. The smallest absolute Gasteiger partial charge is 0.124 e. The summed E-state index contributed by atoms with van der Waals surface area (Å²) < 4.78 is 2.81. The lowest BCUT2D eigenvalue weighted by atomic mass is 10.1. The number of amidine groups is 1. The molecule has 4 nitrogen and oxygen atoms in total. The van der Waals surface area contributed by atoms with Crippen molar-refractivity contribution in [2.75, 3.05) is 0 Å². The van der Waals surface area contributed by atoms with Crippen molar-refractivity contribution in [2.45, 2.75) is 27.2 Å². The minimum atomic E-state index is 0.0492. The molecule has 2 aromatic rings. The van der Waals surface area contributed by atoms with Gasteiger partial charge in [0.25, 0.3) is 0 Å². The lowest BCUT2D eigenvalue weighted by molar-refractivity contribution is 0.830. The molecule has 0 bridgehead atoms. The van der Waals surface area contributed by atoms with Crippen LogP contribution in [0.15, 0.2) is 22.7 Å². The van der Waals surface area contributed by atoms with Gasteiger partial charge in [-0.2, -0.15) is 5.10 Å². The molecular formula is C14H17BrN4. The number of aryl methyl sites for hydroxylation is 1. The predicted octanol–water partition coefficient (Wildman–Crippen LogP) is 3.10. The quantitative estimate of drug-likeness (QED) is 0.674. The van der Waals surface area contributed by atoms with Gasteiger partial charge in [-0.1, -0.05) is 22.9 Å². The summed E-state index contributed by atoms with van der Waals surface area (Å²) in [5.41, 5.74) is 10.5. The van der Waals surface area contributed by atoms with E-state index in [1.165, 1.54) is 5.56 Å². The van der Waals surface area contributed by atoms with Crippen LogP contribution in [0.5, 0.6) is 0 Å². The Morgan fingerprint density at radius 2 is 2.11 bits per heavy atom. The molecule has 0 aliphatic rings. The molecule has 0 radical (unpaired) electrons. The van der Waals surface area contributed by atoms with Gasteiger partial charge in [-0.15, -0.1) is 0 Å². The van der Waals surface area contributed by atoms with E-state index in [1.807, 2.05) is 36.7 Å². The molecule has 0 atom stereocenters. The van der Waals surface area contributed by atoms with Crippen molar-refractivity contribution in [3.63, 3.8) is 0 Å². The standard InChI is InChI=1S/C14H17BrN4/c1-4-11-8(2)18-19(9(11)3)13-7-10(15)5-6-12(13)14(16)17/h5-7H,4H2,1-3H3,(H3,16,17). The number of hydrogen-bond acceptors (Lipinski definition) is 2. The number of aromatic nitrogens is 2. The van der Waals surface area contributed by atoms with Crippen molar-refractivity contribution in [2.24, 2.45) is 5.73 Å². The van der Waals surface area contributed by atoms with Crippen LogP contribution in [-0.4, -0.2) is 15.6 Å². The minimum absolute atomic E-state index is 0.0492. The number of benzene rings is 1. The third-order valence-electron chi connectivity index (χ3n) is 3.27. The van der Waals surface area contributed by atoms with Crippen molar-refractivity contribution in [1.82, 2.24) is 9.78 Å². The van der Waals surface area contributed by atoms with Crippen LogP contribution in [0.1, 0.15) is 29.4 Å². The first-order valence-corrected chi connectivity index (χ1v) is 6.94. The highest BCUT2D eigenvalue weighted by Gasteiger charge is 2.15. The largest absolute Gasteiger partial charge is 0.384 e. The predicted molar refractivity (Wildman–Crippen MR) is 81.1 cm³/mol. The van der Waals surface area contributed by atoms with E-state index in [0.717, 1.165) is 28.0 Å². The maximum Gasteiger partial charge on any atom is 0.124 e. The molecule has 5 heteroatoms. The molecule has 1 aromatic heterocycles. The number of rotatable bonds is 3. The average molecular weight is 321 g/mol. The third kappa shape index (κ3) is 2.42. The molecule has 1 heterocycles. The van der Waals surface area contributed by atoms with Crippen LogP contribution in [0.3, 0.4) is 0 Å². The SMILES string of the molecule is CCc1c(C)nn(-c2cc(Br)ccc2C(=N)N)c1C. The summed E-state index contributed by atoms with van der Waals surface area (Å²) in [6.45, 7) is 6.17. The number of hydrogen-bond donors (Lipinski definition) is 2. The highest BCUT2D eigenvalue weighted by molar-refractivity contribution is 9.10. The Hall–Kier alpha value is -1.62. The number of halogens is 1. The van der Waals surface area contributed by atoms with E-state index in [4.69, 9.17) is 11.1 Å². The molecule has 0 aliphatic carbocycles. The van der Waals surface area contributed by atoms with Gasteiger partial charge in [0.15, 0.2) is 0 Å². The Kier molecular flexibility index (Phi) is 3.75. The van der Waals surface area contributed by atoms with E-state index in [9.17, 15) is 0 Å². The summed E-state index contributed by atoms with van der Waals surface area (Å²) in [7, 11) is 0. The molecule has 2 rings (SSSR count). The van der Waals surface area contributed by atoms with Crippen molar-refractivity contribution >= 4 is 21.8 Å². The molecular weight excluding hydrogens is 304 g/mol. The second kappa shape index (κ2) is 5.17. The first-order valence-electron chi connectivity index (χ1n) is 6.15. The van der Waals surface area contributed by atoms with Crippen molar-refractivity contribution < 1.29 is 0 Å². The summed E-state index contributed by atoms with van der Waals surface area (Å²) in [6, 6.07) is 5.66. The van der Waals surface area contributed by atoms with Crippen LogP contribution in [-0.2, 0) is 6.42 Å². The van der Waals surface area contributed by atoms with Crippen LogP contribution in [0.25, 0.3) is 5.69 Å². The molecule has 0 aliphatic heterocycles. The van der Waals surface area contributed by atoms with Crippen molar-refractivity contribution in [3.8, 4) is 5.69 Å². The second-order valence-corrected chi connectivity index (χ2v) is 5.41. The number of nitrogens with two attached hydrogens (primary N) is 1. The van der Waals surface area contributed by atoms with Crippen molar-refractivity contribution in [1.29, 1.82) is 5.41 Å². The molecule has 0 unspecified atom stereocenters. The van der Waals surface area contributed by atoms with Crippen molar-refractivity contribution in [3.05, 3.63) is 45.2 Å². The van der Waals surface area contributed by atoms with Crippen LogP contribution in [0.2, 0.25) is 0 Å². The first kappa shape index (κ1) is 13.8. The summed E-state index contributed by atoms with van der Waals surface area (Å²) in [5, 5.41) is 12.3. The van der Waals surface area contributed by atoms with Crippen LogP contribution >= 0.6 is 15.9 Å². The van der Waals surface area contributed by atoms with Gasteiger partial charge in [-0.05, 0) is 44.0 Å². The fraction of sp³-hybridized carbons (Fsp3) is 0.286. The topological polar surface area (TPSA) is 67.7 Å². The summed E-state index contributed by atoms with van der Waals surface area (Å²) in [4.78, 5) is 0. The number of nitrogens with zero attached hydrogens (tertiary/aromatic N) is 2. The molecule has 19 heavy (non-hydrogen) atoms. The van der Waals surface area contributed by atoms with Gasteiger partial charge in [0.05, 0.1) is 11.4 Å². The number of nitrogen functional groups attached to an aromatic ring is 1. The van der Waals surface area contributed by atoms with Crippen LogP contribution < -0.4 is 5.73 Å². The third-order valence-corrected chi connectivity index (χ3v) is 3.77. The fourth-order valence-corrected chi connectivity index (χ4v) is 2.68. The molecule has 1 aromatic carbocycles. The van der Waals surface area contributed by atoms with E-state index in [2.05, 4.69) is 28.0 Å². The Morgan fingerprint density at radius 3 is 2.63 bits per heavy atom. The average Bonchev–Trinajstić information content (AvgIpc) is 2.63. The van der Waals surface area contributed by atoms with Gasteiger partial charge >= 0.3 is 0 Å². The Bertz CT molecular complexity index is 643. The highest BCUT2D eigenvalue weighted by Crippen LogP contribution is 2.24. The molecule has 100 valence electrons. The summed E-state index contributed by atoms with van der Waals surface area (Å²) in [6.07, 6.45) is 0.946. The normalized spacial score (nSPS) is 10.7. The van der Waals surface area contributed by atoms with E-state index >= 15 is 0 Å². The molecule has 0 spiro atoms. The van der Waals surface area contributed by atoms with E-state index in [1.54, 1.807) is 0 Å². The zero-order valence-electron chi connectivity index (χ0n) is 11.3. The molecule has 0 fully saturated rings. The van der Waals surface area contributed by atoms with Gasteiger partial charge < -0.3 is 5.73 Å². The maximum atomic E-state index is 7.69.